The average molecular weight is 302 g/mol. The lowest BCUT2D eigenvalue weighted by atomic mass is 10.4. The van der Waals surface area contributed by atoms with Gasteiger partial charge in [-0.05, 0) is 19.9 Å². The summed E-state index contributed by atoms with van der Waals surface area (Å²) in [6, 6.07) is 0.959. The third-order valence-electron chi connectivity index (χ3n) is 2.21. The third kappa shape index (κ3) is 2.76. The van der Waals surface area contributed by atoms with E-state index in [-0.39, 0.29) is 15.8 Å². The highest BCUT2D eigenvalue weighted by molar-refractivity contribution is 7.92. The lowest BCUT2D eigenvalue weighted by Crippen LogP contribution is -2.13. The average Bonchev–Trinajstić information content (AvgIpc) is 2.85. The van der Waals surface area contributed by atoms with Crippen molar-refractivity contribution in [2.24, 2.45) is 0 Å². The molecule has 0 radical (unpaired) electrons. The number of carboxylic acids is 1. The zero-order valence-corrected chi connectivity index (χ0v) is 11.6. The smallest absolute Gasteiger partial charge is 0.345 e. The number of hydrogen-bond acceptors (Lipinski definition) is 6. The molecule has 0 amide bonds. The zero-order chi connectivity index (χ0) is 14.2. The second kappa shape index (κ2) is 4.67. The maximum atomic E-state index is 12.1. The van der Waals surface area contributed by atoms with E-state index >= 15 is 0 Å². The number of thiophene rings is 1. The molecule has 2 N–H and O–H groups in total. The molecule has 0 aliphatic heterocycles. The Kier molecular flexibility index (Phi) is 3.33. The van der Waals surface area contributed by atoms with Gasteiger partial charge in [-0.25, -0.2) is 17.9 Å². The molecule has 19 heavy (non-hydrogen) atoms. The van der Waals surface area contributed by atoms with Gasteiger partial charge in [0.25, 0.3) is 10.0 Å². The molecule has 9 heteroatoms. The molecule has 0 bridgehead atoms. The molecule has 0 atom stereocenters. The van der Waals surface area contributed by atoms with Gasteiger partial charge in [0, 0.05) is 4.88 Å². The monoisotopic (exact) mass is 302 g/mol. The Labute approximate surface area is 113 Å². The van der Waals surface area contributed by atoms with Crippen LogP contribution in [-0.4, -0.2) is 24.5 Å². The maximum absolute atomic E-state index is 12.1. The van der Waals surface area contributed by atoms with Crippen molar-refractivity contribution in [2.45, 2.75) is 18.7 Å². The molecule has 2 heterocycles. The van der Waals surface area contributed by atoms with Crippen molar-refractivity contribution in [2.75, 3.05) is 4.72 Å². The number of hydrogen-bond donors (Lipinski definition) is 2. The fraction of sp³-hybridized carbons (Fsp3) is 0.200. The van der Waals surface area contributed by atoms with Crippen molar-refractivity contribution in [3.05, 3.63) is 27.8 Å². The number of aromatic nitrogens is 1. The van der Waals surface area contributed by atoms with Crippen LogP contribution in [0.25, 0.3) is 0 Å². The van der Waals surface area contributed by atoms with Crippen molar-refractivity contribution >= 4 is 33.3 Å². The van der Waals surface area contributed by atoms with E-state index in [1.807, 2.05) is 0 Å². The fourth-order valence-electron chi connectivity index (χ4n) is 1.41. The quantitative estimate of drug-likeness (QED) is 0.892. The molecule has 0 saturated carbocycles. The Morgan fingerprint density at radius 2 is 2.16 bits per heavy atom. The summed E-state index contributed by atoms with van der Waals surface area (Å²) in [4.78, 5) is 14.9. The van der Waals surface area contributed by atoms with E-state index in [0.29, 0.717) is 10.6 Å². The lowest BCUT2D eigenvalue weighted by molar-refractivity contribution is 0.0702. The van der Waals surface area contributed by atoms with Crippen LogP contribution in [0.1, 0.15) is 20.2 Å². The SMILES string of the molecule is Cc1coc(NS(=O)(=O)c2cc(C(=O)O)sc2C)n1. The molecule has 2 aromatic heterocycles. The molecule has 0 aliphatic rings. The summed E-state index contributed by atoms with van der Waals surface area (Å²) in [5, 5.41) is 8.85. The molecular formula is C10H10N2O5S2. The molecule has 2 rings (SSSR count). The van der Waals surface area contributed by atoms with E-state index in [9.17, 15) is 13.2 Å². The Balaban J connectivity index is 2.37. The van der Waals surface area contributed by atoms with Crippen LogP contribution >= 0.6 is 11.3 Å². The minimum atomic E-state index is -3.90. The van der Waals surface area contributed by atoms with Gasteiger partial charge in [-0.1, -0.05) is 0 Å². The van der Waals surface area contributed by atoms with E-state index in [2.05, 4.69) is 9.71 Å². The first-order chi connectivity index (χ1) is 8.79. The zero-order valence-electron chi connectivity index (χ0n) is 10.00. The number of aromatic carboxylic acids is 1. The Hall–Kier alpha value is -1.87. The molecule has 102 valence electrons. The van der Waals surface area contributed by atoms with Crippen molar-refractivity contribution in [1.29, 1.82) is 0 Å². The van der Waals surface area contributed by atoms with Crippen molar-refractivity contribution < 1.29 is 22.7 Å². The minimum Gasteiger partial charge on any atom is -0.477 e. The number of nitrogens with one attached hydrogen (secondary N) is 1. The van der Waals surface area contributed by atoms with Gasteiger partial charge >= 0.3 is 12.0 Å². The molecule has 0 spiro atoms. The Bertz CT molecular complexity index is 729. The number of carbonyl (C=O) groups is 1. The molecule has 0 fully saturated rings. The largest absolute Gasteiger partial charge is 0.477 e. The normalized spacial score (nSPS) is 11.5. The summed E-state index contributed by atoms with van der Waals surface area (Å²) >= 11 is 0.895. The summed E-state index contributed by atoms with van der Waals surface area (Å²) in [5.74, 6) is -1.17. The van der Waals surface area contributed by atoms with Crippen molar-refractivity contribution in [3.8, 4) is 0 Å². The molecule has 2 aromatic rings. The number of nitrogens with zero attached hydrogens (tertiary/aromatic N) is 1. The second-order valence-electron chi connectivity index (χ2n) is 3.74. The molecule has 7 nitrogen and oxygen atoms in total. The van der Waals surface area contributed by atoms with E-state index in [1.165, 1.54) is 13.2 Å². The van der Waals surface area contributed by atoms with Gasteiger partial charge in [0.15, 0.2) is 0 Å². The first kappa shape index (κ1) is 13.6. The number of oxazole rings is 1. The van der Waals surface area contributed by atoms with E-state index in [1.54, 1.807) is 6.92 Å². The third-order valence-corrected chi connectivity index (χ3v) is 4.83. The van der Waals surface area contributed by atoms with Crippen LogP contribution < -0.4 is 4.72 Å². The van der Waals surface area contributed by atoms with E-state index in [0.717, 1.165) is 17.4 Å². The van der Waals surface area contributed by atoms with E-state index in [4.69, 9.17) is 9.52 Å². The standard InChI is InChI=1S/C10H10N2O5S2/c1-5-4-17-10(11-5)12-19(15,16)8-3-7(9(13)14)18-6(8)2/h3-4H,1-2H3,(H,11,12)(H,13,14). The summed E-state index contributed by atoms with van der Waals surface area (Å²) in [5.41, 5.74) is 0.533. The van der Waals surface area contributed by atoms with Crippen LogP contribution in [0, 0.1) is 13.8 Å². The van der Waals surface area contributed by atoms with Gasteiger partial charge < -0.3 is 9.52 Å². The Morgan fingerprint density at radius 1 is 1.47 bits per heavy atom. The first-order valence-corrected chi connectivity index (χ1v) is 7.38. The van der Waals surface area contributed by atoms with Gasteiger partial charge in [0.1, 0.15) is 16.0 Å². The van der Waals surface area contributed by atoms with Crippen molar-refractivity contribution in [1.82, 2.24) is 4.98 Å². The summed E-state index contributed by atoms with van der Waals surface area (Å²) in [6.45, 7) is 3.19. The molecule has 0 saturated heterocycles. The fourth-order valence-corrected chi connectivity index (χ4v) is 3.78. The number of carboxylic acid groups (broad SMARTS) is 1. The lowest BCUT2D eigenvalue weighted by Gasteiger charge is -2.02. The van der Waals surface area contributed by atoms with Crippen molar-refractivity contribution in [3.63, 3.8) is 0 Å². The topological polar surface area (TPSA) is 110 Å². The second-order valence-corrected chi connectivity index (χ2v) is 6.64. The predicted molar refractivity (Wildman–Crippen MR) is 68.1 cm³/mol. The van der Waals surface area contributed by atoms with Gasteiger partial charge in [0.2, 0.25) is 0 Å². The summed E-state index contributed by atoms with van der Waals surface area (Å²) < 4.78 is 31.2. The molecule has 0 unspecified atom stereocenters. The maximum Gasteiger partial charge on any atom is 0.345 e. The van der Waals surface area contributed by atoms with Crippen LogP contribution in [0.4, 0.5) is 6.01 Å². The first-order valence-electron chi connectivity index (χ1n) is 5.08. The van der Waals surface area contributed by atoms with Crippen LogP contribution in [0.15, 0.2) is 21.6 Å². The van der Waals surface area contributed by atoms with Gasteiger partial charge in [-0.15, -0.1) is 11.3 Å². The van der Waals surface area contributed by atoms with E-state index < -0.39 is 16.0 Å². The number of rotatable bonds is 4. The number of anilines is 1. The molecule has 0 aliphatic carbocycles. The van der Waals surface area contributed by atoms with Gasteiger partial charge in [-0.2, -0.15) is 4.98 Å². The molecular weight excluding hydrogens is 292 g/mol. The van der Waals surface area contributed by atoms with Crippen LogP contribution in [0.3, 0.4) is 0 Å². The molecule has 0 aromatic carbocycles. The number of sulfonamides is 1. The summed E-state index contributed by atoms with van der Waals surface area (Å²) in [7, 11) is -3.90. The Morgan fingerprint density at radius 3 is 2.63 bits per heavy atom. The van der Waals surface area contributed by atoms with Crippen LogP contribution in [-0.2, 0) is 10.0 Å². The van der Waals surface area contributed by atoms with Crippen LogP contribution in [0.2, 0.25) is 0 Å². The highest BCUT2D eigenvalue weighted by Gasteiger charge is 2.23. The summed E-state index contributed by atoms with van der Waals surface area (Å²) in [6.07, 6.45) is 1.31. The highest BCUT2D eigenvalue weighted by Crippen LogP contribution is 2.27. The van der Waals surface area contributed by atoms with Gasteiger partial charge in [-0.3, -0.25) is 0 Å². The van der Waals surface area contributed by atoms with Crippen LogP contribution in [0.5, 0.6) is 0 Å². The van der Waals surface area contributed by atoms with Gasteiger partial charge in [0.05, 0.1) is 5.69 Å². The predicted octanol–water partition coefficient (Wildman–Crippen LogP) is 1.85. The minimum absolute atomic E-state index is 0.0403. The number of aryl methyl sites for hydroxylation is 2. The highest BCUT2D eigenvalue weighted by atomic mass is 32.2.